The lowest BCUT2D eigenvalue weighted by Gasteiger charge is -2.31. The van der Waals surface area contributed by atoms with E-state index in [1.54, 1.807) is 12.1 Å². The molecule has 0 aliphatic carbocycles. The number of halogens is 2. The van der Waals surface area contributed by atoms with Crippen molar-refractivity contribution in [2.75, 3.05) is 24.7 Å². The quantitative estimate of drug-likeness (QED) is 0.903. The molecule has 1 aromatic rings. The highest BCUT2D eigenvalue weighted by molar-refractivity contribution is 7.99. The van der Waals surface area contributed by atoms with Gasteiger partial charge in [0, 0.05) is 22.6 Å². The van der Waals surface area contributed by atoms with Crippen molar-refractivity contribution in [1.29, 1.82) is 0 Å². The molecular weight excluding hydrogens is 285 g/mol. The molecule has 106 valence electrons. The van der Waals surface area contributed by atoms with E-state index in [-0.39, 0.29) is 18.0 Å². The molecule has 2 nitrogen and oxygen atoms in total. The first-order chi connectivity index (χ1) is 9.20. The van der Waals surface area contributed by atoms with E-state index >= 15 is 0 Å². The lowest BCUT2D eigenvalue weighted by atomic mass is 10.0. The Morgan fingerprint density at radius 2 is 2.42 bits per heavy atom. The summed E-state index contributed by atoms with van der Waals surface area (Å²) in [5.74, 6) is 1.80. The highest BCUT2D eigenvalue weighted by Gasteiger charge is 2.25. The van der Waals surface area contributed by atoms with Crippen LogP contribution in [0.5, 0.6) is 0 Å². The second kappa shape index (κ2) is 7.48. The smallest absolute Gasteiger partial charge is 0.126 e. The Morgan fingerprint density at radius 1 is 1.58 bits per heavy atom. The third-order valence-electron chi connectivity index (χ3n) is 3.20. The Kier molecular flexibility index (Phi) is 5.95. The number of ether oxygens (including phenoxy) is 1. The summed E-state index contributed by atoms with van der Waals surface area (Å²) >= 11 is 7.83. The van der Waals surface area contributed by atoms with Crippen LogP contribution in [0.3, 0.4) is 0 Å². The summed E-state index contributed by atoms with van der Waals surface area (Å²) in [6, 6.07) is 4.84. The third-order valence-corrected chi connectivity index (χ3v) is 4.46. The van der Waals surface area contributed by atoms with Gasteiger partial charge >= 0.3 is 0 Å². The maximum atomic E-state index is 13.8. The van der Waals surface area contributed by atoms with E-state index in [0.717, 1.165) is 24.7 Å². The number of likely N-dealkylation sites (N-methyl/N-ethyl adjacent to an activating group) is 1. The van der Waals surface area contributed by atoms with E-state index in [1.807, 2.05) is 11.8 Å². The van der Waals surface area contributed by atoms with Crippen molar-refractivity contribution in [3.63, 3.8) is 0 Å². The van der Waals surface area contributed by atoms with Gasteiger partial charge in [-0.05, 0) is 36.7 Å². The standard InChI is InChI=1S/C14H19ClFNOS/c1-2-17-13(14-9-19-6-5-18-14)8-10-7-11(15)3-4-12(10)16/h3-4,7,13-14,17H,2,5-6,8-9H2,1H3. The van der Waals surface area contributed by atoms with Crippen molar-refractivity contribution in [3.05, 3.63) is 34.6 Å². The number of rotatable bonds is 5. The molecule has 0 aromatic heterocycles. The minimum atomic E-state index is -0.198. The maximum Gasteiger partial charge on any atom is 0.126 e. The van der Waals surface area contributed by atoms with Gasteiger partial charge in [-0.25, -0.2) is 4.39 Å². The van der Waals surface area contributed by atoms with Crippen LogP contribution in [-0.4, -0.2) is 36.8 Å². The predicted molar refractivity (Wildman–Crippen MR) is 79.6 cm³/mol. The van der Waals surface area contributed by atoms with Gasteiger partial charge in [-0.3, -0.25) is 0 Å². The molecule has 5 heteroatoms. The number of nitrogens with one attached hydrogen (secondary N) is 1. The van der Waals surface area contributed by atoms with Crippen LogP contribution in [0, 0.1) is 5.82 Å². The first-order valence-corrected chi connectivity index (χ1v) is 8.10. The first kappa shape index (κ1) is 15.1. The molecule has 0 amide bonds. The molecule has 1 aliphatic heterocycles. The van der Waals surface area contributed by atoms with Gasteiger partial charge < -0.3 is 10.1 Å². The van der Waals surface area contributed by atoms with Gasteiger partial charge in [0.2, 0.25) is 0 Å². The van der Waals surface area contributed by atoms with E-state index in [4.69, 9.17) is 16.3 Å². The molecular formula is C14H19ClFNOS. The number of thioether (sulfide) groups is 1. The van der Waals surface area contributed by atoms with E-state index in [1.165, 1.54) is 6.07 Å². The fraction of sp³-hybridized carbons (Fsp3) is 0.571. The Morgan fingerprint density at radius 3 is 3.11 bits per heavy atom. The average Bonchev–Trinajstić information content (AvgIpc) is 2.43. The van der Waals surface area contributed by atoms with Crippen LogP contribution in [0.15, 0.2) is 18.2 Å². The van der Waals surface area contributed by atoms with Gasteiger partial charge in [-0.15, -0.1) is 0 Å². The van der Waals surface area contributed by atoms with Crippen LogP contribution in [0.2, 0.25) is 5.02 Å². The number of benzene rings is 1. The molecule has 0 spiro atoms. The molecule has 1 saturated heterocycles. The molecule has 0 radical (unpaired) electrons. The van der Waals surface area contributed by atoms with Gasteiger partial charge in [0.25, 0.3) is 0 Å². The van der Waals surface area contributed by atoms with Crippen molar-refractivity contribution < 1.29 is 9.13 Å². The first-order valence-electron chi connectivity index (χ1n) is 6.57. The summed E-state index contributed by atoms with van der Waals surface area (Å²) in [6.45, 7) is 3.67. The monoisotopic (exact) mass is 303 g/mol. The molecule has 1 N–H and O–H groups in total. The zero-order chi connectivity index (χ0) is 13.7. The number of hydrogen-bond acceptors (Lipinski definition) is 3. The molecule has 2 rings (SSSR count). The summed E-state index contributed by atoms with van der Waals surface area (Å²) in [6.07, 6.45) is 0.739. The SMILES string of the molecule is CCNC(Cc1cc(Cl)ccc1F)C1CSCCO1. The van der Waals surface area contributed by atoms with E-state index in [2.05, 4.69) is 12.2 Å². The topological polar surface area (TPSA) is 21.3 Å². The predicted octanol–water partition coefficient (Wildman–Crippen LogP) is 3.13. The van der Waals surface area contributed by atoms with Gasteiger partial charge in [0.15, 0.2) is 0 Å². The Balaban J connectivity index is 2.08. The summed E-state index contributed by atoms with van der Waals surface area (Å²) < 4.78 is 19.6. The van der Waals surface area contributed by atoms with Crippen LogP contribution in [0.1, 0.15) is 12.5 Å². The summed E-state index contributed by atoms with van der Waals surface area (Å²) in [7, 11) is 0. The van der Waals surface area contributed by atoms with E-state index in [9.17, 15) is 4.39 Å². The summed E-state index contributed by atoms with van der Waals surface area (Å²) in [5, 5.41) is 3.97. The van der Waals surface area contributed by atoms with E-state index in [0.29, 0.717) is 17.0 Å². The largest absolute Gasteiger partial charge is 0.375 e. The summed E-state index contributed by atoms with van der Waals surface area (Å²) in [4.78, 5) is 0. The summed E-state index contributed by atoms with van der Waals surface area (Å²) in [5.41, 5.74) is 0.651. The van der Waals surface area contributed by atoms with Crippen LogP contribution in [0.4, 0.5) is 4.39 Å². The molecule has 1 aromatic carbocycles. The molecule has 2 atom stereocenters. The second-order valence-corrected chi connectivity index (χ2v) is 6.17. The van der Waals surface area contributed by atoms with Crippen LogP contribution in [-0.2, 0) is 11.2 Å². The van der Waals surface area contributed by atoms with Crippen molar-refractivity contribution in [1.82, 2.24) is 5.32 Å². The lowest BCUT2D eigenvalue weighted by molar-refractivity contribution is 0.0474. The molecule has 19 heavy (non-hydrogen) atoms. The molecule has 1 aliphatic rings. The fourth-order valence-electron chi connectivity index (χ4n) is 2.27. The second-order valence-electron chi connectivity index (χ2n) is 4.59. The van der Waals surface area contributed by atoms with Crippen LogP contribution in [0.25, 0.3) is 0 Å². The van der Waals surface area contributed by atoms with Gasteiger partial charge in [-0.2, -0.15) is 11.8 Å². The average molecular weight is 304 g/mol. The van der Waals surface area contributed by atoms with Gasteiger partial charge in [-0.1, -0.05) is 18.5 Å². The van der Waals surface area contributed by atoms with E-state index < -0.39 is 0 Å². The Hall–Kier alpha value is -0.290. The highest BCUT2D eigenvalue weighted by Crippen LogP contribution is 2.21. The third kappa shape index (κ3) is 4.35. The highest BCUT2D eigenvalue weighted by atomic mass is 35.5. The molecule has 1 heterocycles. The van der Waals surface area contributed by atoms with Crippen LogP contribution < -0.4 is 5.32 Å². The van der Waals surface area contributed by atoms with Crippen molar-refractivity contribution >= 4 is 23.4 Å². The Labute approximate surface area is 123 Å². The zero-order valence-electron chi connectivity index (χ0n) is 11.0. The van der Waals surface area contributed by atoms with Crippen LogP contribution >= 0.6 is 23.4 Å². The van der Waals surface area contributed by atoms with Gasteiger partial charge in [0.05, 0.1) is 12.7 Å². The van der Waals surface area contributed by atoms with Crippen molar-refractivity contribution in [2.24, 2.45) is 0 Å². The normalized spacial score (nSPS) is 21.3. The van der Waals surface area contributed by atoms with Crippen molar-refractivity contribution in [3.8, 4) is 0 Å². The maximum absolute atomic E-state index is 13.8. The van der Waals surface area contributed by atoms with Gasteiger partial charge in [0.1, 0.15) is 5.82 Å². The molecule has 0 saturated carbocycles. The molecule has 0 bridgehead atoms. The minimum Gasteiger partial charge on any atom is -0.375 e. The molecule has 2 unspecified atom stereocenters. The molecule has 1 fully saturated rings. The van der Waals surface area contributed by atoms with Crippen molar-refractivity contribution in [2.45, 2.75) is 25.5 Å². The lowest BCUT2D eigenvalue weighted by Crippen LogP contribution is -2.46. The number of hydrogen-bond donors (Lipinski definition) is 1. The zero-order valence-corrected chi connectivity index (χ0v) is 12.6. The minimum absolute atomic E-state index is 0.130. The fourth-order valence-corrected chi connectivity index (χ4v) is 3.41. The Bertz CT molecular complexity index is 412.